The van der Waals surface area contributed by atoms with E-state index in [1.165, 1.54) is 6.21 Å². The minimum Gasteiger partial charge on any atom is -0.265 e. The van der Waals surface area contributed by atoms with E-state index in [0.29, 0.717) is 10.7 Å². The number of rotatable bonds is 2. The summed E-state index contributed by atoms with van der Waals surface area (Å²) in [5, 5.41) is 10.9. The van der Waals surface area contributed by atoms with Gasteiger partial charge in [-0.2, -0.15) is 14.9 Å². The zero-order valence-corrected chi connectivity index (χ0v) is 11.0. The molecule has 0 saturated carbocycles. The van der Waals surface area contributed by atoms with E-state index >= 15 is 0 Å². The predicted octanol–water partition coefficient (Wildman–Crippen LogP) is 2.14. The number of hydrogen-bond acceptors (Lipinski definition) is 4. The van der Waals surface area contributed by atoms with Gasteiger partial charge in [-0.3, -0.25) is 9.89 Å². The molecule has 92 valence electrons. The van der Waals surface area contributed by atoms with Crippen LogP contribution in [0.4, 0.5) is 0 Å². The Morgan fingerprint density at radius 1 is 1.56 bits per heavy atom. The van der Waals surface area contributed by atoms with E-state index in [1.54, 1.807) is 25.1 Å². The van der Waals surface area contributed by atoms with E-state index in [9.17, 15) is 4.79 Å². The van der Waals surface area contributed by atoms with Gasteiger partial charge in [-0.15, -0.1) is 0 Å². The number of nitrogens with one attached hydrogen (secondary N) is 1. The Balaban J connectivity index is 2.44. The van der Waals surface area contributed by atoms with Crippen molar-refractivity contribution in [3.8, 4) is 0 Å². The third-order valence-corrected chi connectivity index (χ3v) is 2.68. The number of halogens is 1. The predicted molar refractivity (Wildman–Crippen MR) is 72.9 cm³/mol. The highest BCUT2D eigenvalue weighted by Gasteiger charge is 2.00. The van der Waals surface area contributed by atoms with E-state index in [2.05, 4.69) is 15.3 Å². The molecule has 7 heteroatoms. The molecule has 0 amide bonds. The van der Waals surface area contributed by atoms with E-state index in [-0.39, 0.29) is 10.3 Å². The van der Waals surface area contributed by atoms with Gasteiger partial charge in [0.25, 0.3) is 5.56 Å². The average molecular weight is 281 g/mol. The van der Waals surface area contributed by atoms with Crippen LogP contribution in [0.3, 0.4) is 0 Å². The molecule has 1 aromatic carbocycles. The van der Waals surface area contributed by atoms with Crippen LogP contribution >= 0.6 is 23.8 Å². The van der Waals surface area contributed by atoms with Gasteiger partial charge in [0.15, 0.2) is 0 Å². The highest BCUT2D eigenvalue weighted by Crippen LogP contribution is 2.08. The second-order valence-corrected chi connectivity index (χ2v) is 4.35. The Labute approximate surface area is 113 Å². The van der Waals surface area contributed by atoms with Gasteiger partial charge >= 0.3 is 0 Å². The van der Waals surface area contributed by atoms with Crippen molar-refractivity contribution < 1.29 is 0 Å². The topological polar surface area (TPSA) is 63.0 Å². The molecule has 2 rings (SSSR count). The Kier molecular flexibility index (Phi) is 3.69. The van der Waals surface area contributed by atoms with Gasteiger partial charge in [-0.25, -0.2) is 0 Å². The average Bonchev–Trinajstić information content (AvgIpc) is 2.34. The van der Waals surface area contributed by atoms with E-state index in [1.807, 2.05) is 6.07 Å². The van der Waals surface area contributed by atoms with Crippen molar-refractivity contribution in [2.45, 2.75) is 6.92 Å². The van der Waals surface area contributed by atoms with Crippen LogP contribution < -0.4 is 5.56 Å². The summed E-state index contributed by atoms with van der Waals surface area (Å²) in [6, 6.07) is 7.11. The quantitative estimate of drug-likeness (QED) is 0.677. The van der Waals surface area contributed by atoms with E-state index in [0.717, 1.165) is 10.2 Å². The first-order chi connectivity index (χ1) is 8.58. The number of aromatic nitrogens is 3. The lowest BCUT2D eigenvalue weighted by molar-refractivity contribution is 0.720. The number of benzene rings is 1. The molecule has 5 nitrogen and oxygen atoms in total. The largest absolute Gasteiger partial charge is 0.296 e. The Morgan fingerprint density at radius 2 is 2.33 bits per heavy atom. The molecule has 0 bridgehead atoms. The molecule has 0 aliphatic carbocycles. The van der Waals surface area contributed by atoms with Crippen molar-refractivity contribution in [3.05, 3.63) is 55.7 Å². The number of aromatic amines is 1. The third-order valence-electron chi connectivity index (χ3n) is 2.18. The molecule has 0 saturated heterocycles. The SMILES string of the molecule is Cc1n[nH]c(=S)n(/N=C\c2cccc(Cl)c2)c1=O. The van der Waals surface area contributed by atoms with Crippen LogP contribution in [-0.2, 0) is 0 Å². The molecule has 0 aliphatic heterocycles. The second kappa shape index (κ2) is 5.24. The molecule has 0 unspecified atom stereocenters. The number of hydrogen-bond donors (Lipinski definition) is 1. The fraction of sp³-hybridized carbons (Fsp3) is 0.0909. The molecule has 0 spiro atoms. The van der Waals surface area contributed by atoms with Crippen molar-refractivity contribution >= 4 is 30.0 Å². The summed E-state index contributed by atoms with van der Waals surface area (Å²) in [5.74, 6) is 0. The van der Waals surface area contributed by atoms with Crippen molar-refractivity contribution in [3.63, 3.8) is 0 Å². The van der Waals surface area contributed by atoms with Gasteiger partial charge in [0.1, 0.15) is 5.69 Å². The first kappa shape index (κ1) is 12.7. The normalized spacial score (nSPS) is 11.0. The van der Waals surface area contributed by atoms with Gasteiger partial charge in [-0.1, -0.05) is 23.7 Å². The molecule has 1 heterocycles. The summed E-state index contributed by atoms with van der Waals surface area (Å²) < 4.78 is 1.22. The fourth-order valence-electron chi connectivity index (χ4n) is 1.29. The van der Waals surface area contributed by atoms with E-state index in [4.69, 9.17) is 23.8 Å². The standard InChI is InChI=1S/C11H9ClN4OS/c1-7-10(17)16(11(18)15-14-7)13-6-8-3-2-4-9(12)5-8/h2-6H,1H3,(H,15,18)/b13-6-. The zero-order chi connectivity index (χ0) is 13.1. The summed E-state index contributed by atoms with van der Waals surface area (Å²) in [6.45, 7) is 1.58. The minimum absolute atomic E-state index is 0.142. The molecule has 1 N–H and O–H groups in total. The van der Waals surface area contributed by atoms with Crippen molar-refractivity contribution in [2.24, 2.45) is 5.10 Å². The van der Waals surface area contributed by atoms with Crippen molar-refractivity contribution in [1.29, 1.82) is 0 Å². The molecule has 0 fully saturated rings. The van der Waals surface area contributed by atoms with Crippen LogP contribution in [0.2, 0.25) is 5.02 Å². The van der Waals surface area contributed by atoms with Crippen LogP contribution in [0.15, 0.2) is 34.2 Å². The first-order valence-corrected chi connectivity index (χ1v) is 5.85. The second-order valence-electron chi connectivity index (χ2n) is 3.53. The zero-order valence-electron chi connectivity index (χ0n) is 9.42. The maximum atomic E-state index is 11.8. The van der Waals surface area contributed by atoms with Crippen LogP contribution in [0.25, 0.3) is 0 Å². The van der Waals surface area contributed by atoms with Crippen LogP contribution in [0.1, 0.15) is 11.3 Å². The van der Waals surface area contributed by atoms with Gasteiger partial charge in [-0.05, 0) is 36.8 Å². The molecule has 18 heavy (non-hydrogen) atoms. The Morgan fingerprint density at radius 3 is 3.06 bits per heavy atom. The number of nitrogens with zero attached hydrogens (tertiary/aromatic N) is 3. The molecule has 0 radical (unpaired) electrons. The summed E-state index contributed by atoms with van der Waals surface area (Å²) in [7, 11) is 0. The molecule has 1 aromatic heterocycles. The first-order valence-electron chi connectivity index (χ1n) is 5.06. The summed E-state index contributed by atoms with van der Waals surface area (Å²) in [4.78, 5) is 11.8. The van der Waals surface area contributed by atoms with E-state index < -0.39 is 0 Å². The van der Waals surface area contributed by atoms with Crippen molar-refractivity contribution in [2.75, 3.05) is 0 Å². The monoisotopic (exact) mass is 280 g/mol. The van der Waals surface area contributed by atoms with Crippen molar-refractivity contribution in [1.82, 2.24) is 14.9 Å². The number of H-pyrrole nitrogens is 1. The smallest absolute Gasteiger partial charge is 0.265 e. The molecule has 0 atom stereocenters. The highest BCUT2D eigenvalue weighted by molar-refractivity contribution is 7.71. The molecular weight excluding hydrogens is 272 g/mol. The molecule has 2 aromatic rings. The summed E-state index contributed by atoms with van der Waals surface area (Å²) in [6.07, 6.45) is 1.51. The molecule has 0 aliphatic rings. The van der Waals surface area contributed by atoms with Crippen LogP contribution in [-0.4, -0.2) is 21.1 Å². The Bertz CT molecular complexity index is 719. The van der Waals surface area contributed by atoms with Crippen LogP contribution in [0, 0.1) is 11.7 Å². The maximum Gasteiger partial charge on any atom is 0.296 e. The minimum atomic E-state index is -0.350. The van der Waals surface area contributed by atoms with Gasteiger partial charge in [0.05, 0.1) is 6.21 Å². The summed E-state index contributed by atoms with van der Waals surface area (Å²) >= 11 is 10.8. The van der Waals surface area contributed by atoms with Gasteiger partial charge in [0.2, 0.25) is 4.77 Å². The summed E-state index contributed by atoms with van der Waals surface area (Å²) in [5.41, 5.74) is 0.724. The molecular formula is C11H9ClN4OS. The third kappa shape index (κ3) is 2.72. The number of aryl methyl sites for hydroxylation is 1. The highest BCUT2D eigenvalue weighted by atomic mass is 35.5. The maximum absolute atomic E-state index is 11.8. The Hall–Kier alpha value is -1.79. The lowest BCUT2D eigenvalue weighted by Crippen LogP contribution is -2.22. The lowest BCUT2D eigenvalue weighted by atomic mass is 10.2. The van der Waals surface area contributed by atoms with Gasteiger partial charge in [0, 0.05) is 5.02 Å². The van der Waals surface area contributed by atoms with Crippen LogP contribution in [0.5, 0.6) is 0 Å². The lowest BCUT2D eigenvalue weighted by Gasteiger charge is -1.99. The fourth-order valence-corrected chi connectivity index (χ4v) is 1.66. The van der Waals surface area contributed by atoms with Gasteiger partial charge < -0.3 is 0 Å².